The predicted molar refractivity (Wildman–Crippen MR) is 157 cm³/mol. The van der Waals surface area contributed by atoms with Crippen LogP contribution >= 0.6 is 0 Å². The Bertz CT molecular complexity index is 1840. The van der Waals surface area contributed by atoms with Gasteiger partial charge in [-0.25, -0.2) is 29.7 Å². The number of β-amino-alcohol motifs (C(OH)–C–C–N with tert-alkyl or cyclic N) is 1. The third-order valence-electron chi connectivity index (χ3n) is 8.80. The van der Waals surface area contributed by atoms with Crippen molar-refractivity contribution in [2.45, 2.75) is 56.6 Å². The summed E-state index contributed by atoms with van der Waals surface area (Å²) in [6, 6.07) is 4.71. The van der Waals surface area contributed by atoms with Gasteiger partial charge >= 0.3 is 6.03 Å². The molecular weight excluding hydrogens is 564 g/mol. The maximum atomic E-state index is 13.0. The first-order chi connectivity index (χ1) is 21.3. The molecule has 2 saturated carbocycles. The highest BCUT2D eigenvalue weighted by Gasteiger charge is 2.46. The third kappa shape index (κ3) is 4.80. The number of aromatic nitrogens is 6. The molecule has 14 heteroatoms. The van der Waals surface area contributed by atoms with E-state index >= 15 is 0 Å². The second kappa shape index (κ2) is 10.0. The van der Waals surface area contributed by atoms with Crippen molar-refractivity contribution in [3.8, 4) is 0 Å². The Hall–Kier alpha value is -4.98. The highest BCUT2D eigenvalue weighted by molar-refractivity contribution is 6.13. The number of imide groups is 1. The van der Waals surface area contributed by atoms with Crippen LogP contribution in [0.5, 0.6) is 0 Å². The van der Waals surface area contributed by atoms with Crippen LogP contribution in [-0.2, 0) is 9.59 Å². The molecule has 4 aliphatic rings. The molecule has 44 heavy (non-hydrogen) atoms. The van der Waals surface area contributed by atoms with Gasteiger partial charge in [-0.3, -0.25) is 19.8 Å². The zero-order chi connectivity index (χ0) is 30.1. The topological polar surface area (TPSA) is 171 Å². The molecule has 8 rings (SSSR count). The van der Waals surface area contributed by atoms with Crippen molar-refractivity contribution in [3.05, 3.63) is 65.9 Å². The van der Waals surface area contributed by atoms with E-state index in [1.807, 2.05) is 40.8 Å². The van der Waals surface area contributed by atoms with E-state index in [2.05, 4.69) is 30.6 Å². The third-order valence-corrected chi connectivity index (χ3v) is 8.80. The summed E-state index contributed by atoms with van der Waals surface area (Å²) in [6.45, 7) is 2.16. The number of nitrogens with zero attached hydrogens (tertiary/aromatic N) is 8. The van der Waals surface area contributed by atoms with E-state index in [9.17, 15) is 19.5 Å². The smallest absolute Gasteiger partial charge is 0.329 e. The Morgan fingerprint density at radius 2 is 1.95 bits per heavy atom. The second-order valence-corrected chi connectivity index (χ2v) is 12.1. The molecule has 4 amide bonds. The monoisotopic (exact) mass is 594 g/mol. The van der Waals surface area contributed by atoms with E-state index in [4.69, 9.17) is 4.98 Å². The number of urea groups is 1. The molecule has 14 nitrogen and oxygen atoms in total. The number of fused-ring (bicyclic) bond motifs is 1. The molecule has 4 aromatic heterocycles. The van der Waals surface area contributed by atoms with Crippen molar-refractivity contribution in [1.29, 1.82) is 0 Å². The lowest BCUT2D eigenvalue weighted by atomic mass is 10.1. The van der Waals surface area contributed by atoms with Gasteiger partial charge in [0.25, 0.3) is 0 Å². The van der Waals surface area contributed by atoms with Crippen molar-refractivity contribution < 1.29 is 19.5 Å². The van der Waals surface area contributed by atoms with Crippen LogP contribution in [-0.4, -0.2) is 71.5 Å². The zero-order valence-corrected chi connectivity index (χ0v) is 23.9. The van der Waals surface area contributed by atoms with Gasteiger partial charge in [0.2, 0.25) is 11.8 Å². The number of aliphatic hydroxyl groups excluding tert-OH is 1. The molecule has 0 radical (unpaired) electrons. The lowest BCUT2D eigenvalue weighted by Crippen LogP contribution is -2.28. The van der Waals surface area contributed by atoms with E-state index in [0.29, 0.717) is 59.8 Å². The number of carbonyl (C=O) groups excluding carboxylic acids is 3. The maximum absolute atomic E-state index is 13.0. The summed E-state index contributed by atoms with van der Waals surface area (Å²) in [6.07, 6.45) is 9.69. The van der Waals surface area contributed by atoms with Gasteiger partial charge in [-0.15, -0.1) is 0 Å². The maximum Gasteiger partial charge on any atom is 0.329 e. The van der Waals surface area contributed by atoms with Gasteiger partial charge in [0.05, 0.1) is 23.5 Å². The number of aliphatic hydroxyl groups is 1. The Morgan fingerprint density at radius 1 is 1.09 bits per heavy atom. The van der Waals surface area contributed by atoms with Crippen LogP contribution in [0.15, 0.2) is 43.1 Å². The molecule has 4 fully saturated rings. The van der Waals surface area contributed by atoms with Crippen molar-refractivity contribution in [2.75, 3.05) is 28.2 Å². The van der Waals surface area contributed by atoms with Gasteiger partial charge in [0, 0.05) is 55.2 Å². The Balaban J connectivity index is 1.06. The molecule has 2 saturated heterocycles. The summed E-state index contributed by atoms with van der Waals surface area (Å²) in [4.78, 5) is 63.5. The minimum absolute atomic E-state index is 0.0144. The first-order valence-electron chi connectivity index (χ1n) is 14.8. The fourth-order valence-electron chi connectivity index (χ4n) is 6.31. The summed E-state index contributed by atoms with van der Waals surface area (Å²) in [5.41, 5.74) is 3.80. The van der Waals surface area contributed by atoms with Gasteiger partial charge in [0.1, 0.15) is 30.3 Å². The van der Waals surface area contributed by atoms with E-state index in [1.54, 1.807) is 12.3 Å². The van der Waals surface area contributed by atoms with Crippen molar-refractivity contribution in [2.24, 2.45) is 5.92 Å². The van der Waals surface area contributed by atoms with Gasteiger partial charge < -0.3 is 19.7 Å². The van der Waals surface area contributed by atoms with Crippen molar-refractivity contribution in [1.82, 2.24) is 34.6 Å². The number of carbonyl (C=O) groups is 3. The molecule has 4 atom stereocenters. The normalized spacial score (nSPS) is 24.7. The highest BCUT2D eigenvalue weighted by atomic mass is 16.3. The molecule has 3 N–H and O–H groups in total. The van der Waals surface area contributed by atoms with E-state index in [-0.39, 0.29) is 36.2 Å². The number of imidazole rings is 1. The number of hydrogen-bond donors (Lipinski definition) is 3. The SMILES string of the molecule is Cc1ccnc([C@H]2C[C@@H]2C(=O)Nc2cc(N3C[C@@H](O)C[C@@H]3c3cn4cc(C5CC5)cc(N5CC(=O)NC5=O)c4n3)ncn2)n1. The minimum atomic E-state index is -0.622. The number of hydrogen-bond acceptors (Lipinski definition) is 10. The molecular formula is C30H30N10O4. The standard InChI is InChI=1S/C30H30N10O4/c1-15-4-5-31-27(34-15)19-8-20(19)29(43)36-24-9-25(33-14-32-24)39-11-18(41)7-22(39)21-12-38-10-17(16-2-3-16)6-23(28(38)35-21)40-13-26(42)37-30(40)44/h4-6,9-10,12,14,16,18-20,22,41H,2-3,7-8,11,13H2,1H3,(H,37,42,44)(H,32,33,36,43)/t18-,19-,20-,22+/m0/s1. The van der Waals surface area contributed by atoms with E-state index in [1.165, 1.54) is 11.2 Å². The molecule has 0 bridgehead atoms. The molecule has 0 spiro atoms. The average molecular weight is 595 g/mol. The Morgan fingerprint density at radius 3 is 2.73 bits per heavy atom. The van der Waals surface area contributed by atoms with Gasteiger partial charge in [-0.1, -0.05) is 0 Å². The van der Waals surface area contributed by atoms with E-state index in [0.717, 1.165) is 24.1 Å². The molecule has 224 valence electrons. The number of rotatable bonds is 7. The first-order valence-corrected chi connectivity index (χ1v) is 14.8. The van der Waals surface area contributed by atoms with Crippen LogP contribution in [0.2, 0.25) is 0 Å². The van der Waals surface area contributed by atoms with Crippen LogP contribution < -0.4 is 20.4 Å². The largest absolute Gasteiger partial charge is 0.391 e. The van der Waals surface area contributed by atoms with Gasteiger partial charge in [0.15, 0.2) is 5.65 Å². The lowest BCUT2D eigenvalue weighted by molar-refractivity contribution is -0.118. The van der Waals surface area contributed by atoms with Gasteiger partial charge in [-0.05, 0) is 49.8 Å². The molecule has 4 aromatic rings. The Kier molecular flexibility index (Phi) is 6.08. The molecule has 2 aliphatic heterocycles. The molecule has 6 heterocycles. The number of anilines is 3. The van der Waals surface area contributed by atoms with Crippen molar-refractivity contribution >= 4 is 40.8 Å². The summed E-state index contributed by atoms with van der Waals surface area (Å²) < 4.78 is 1.91. The minimum Gasteiger partial charge on any atom is -0.391 e. The Labute approximate surface area is 251 Å². The summed E-state index contributed by atoms with van der Waals surface area (Å²) in [5, 5.41) is 16.0. The summed E-state index contributed by atoms with van der Waals surface area (Å²) in [7, 11) is 0. The molecule has 0 unspecified atom stereocenters. The summed E-state index contributed by atoms with van der Waals surface area (Å²) in [5.74, 6) is 1.27. The van der Waals surface area contributed by atoms with Crippen LogP contribution in [0.25, 0.3) is 5.65 Å². The number of amides is 4. The zero-order valence-electron chi connectivity index (χ0n) is 23.9. The lowest BCUT2D eigenvalue weighted by Gasteiger charge is -2.24. The predicted octanol–water partition coefficient (Wildman–Crippen LogP) is 2.21. The van der Waals surface area contributed by atoms with Gasteiger partial charge in [-0.2, -0.15) is 0 Å². The summed E-state index contributed by atoms with van der Waals surface area (Å²) >= 11 is 0. The van der Waals surface area contributed by atoms with Crippen LogP contribution in [0, 0.1) is 12.8 Å². The van der Waals surface area contributed by atoms with Crippen LogP contribution in [0.1, 0.15) is 66.3 Å². The molecule has 2 aliphatic carbocycles. The fourth-order valence-corrected chi connectivity index (χ4v) is 6.31. The average Bonchev–Trinajstić information content (AvgIpc) is 3.90. The van der Waals surface area contributed by atoms with Crippen LogP contribution in [0.3, 0.4) is 0 Å². The fraction of sp³-hybridized carbons (Fsp3) is 0.400. The quantitative estimate of drug-likeness (QED) is 0.270. The van der Waals surface area contributed by atoms with Crippen molar-refractivity contribution in [3.63, 3.8) is 0 Å². The second-order valence-electron chi connectivity index (χ2n) is 12.1. The first kappa shape index (κ1) is 26.6. The number of nitrogens with one attached hydrogen (secondary N) is 2. The number of pyridine rings is 1. The highest BCUT2D eigenvalue weighted by Crippen LogP contribution is 2.47. The van der Waals surface area contributed by atoms with Crippen LogP contribution in [0.4, 0.5) is 22.1 Å². The number of aryl methyl sites for hydroxylation is 1. The van der Waals surface area contributed by atoms with E-state index < -0.39 is 12.1 Å². The molecule has 0 aromatic carbocycles.